The number of ether oxygens (including phenoxy) is 3. The molecular formula is C16H24ClNO3. The standard InChI is InChI=1S/C16H24ClNO3/c1-3-18-11-12-9-14(17)16(15(10-12)19-2)21-8-6-13-5-4-7-20-13/h9-10,13,18H,3-8,11H2,1-2H3. The van der Waals surface area contributed by atoms with Crippen LogP contribution in [0.4, 0.5) is 0 Å². The van der Waals surface area contributed by atoms with Crippen LogP contribution in [0.2, 0.25) is 5.02 Å². The second-order valence-corrected chi connectivity index (χ2v) is 5.57. The maximum Gasteiger partial charge on any atom is 0.179 e. The number of halogens is 1. The summed E-state index contributed by atoms with van der Waals surface area (Å²) in [5.74, 6) is 1.31. The van der Waals surface area contributed by atoms with Gasteiger partial charge < -0.3 is 19.5 Å². The lowest BCUT2D eigenvalue weighted by molar-refractivity contribution is 0.0899. The molecule has 1 N–H and O–H groups in total. The summed E-state index contributed by atoms with van der Waals surface area (Å²) in [6.45, 7) is 5.21. The molecule has 1 aromatic carbocycles. The highest BCUT2D eigenvalue weighted by atomic mass is 35.5. The van der Waals surface area contributed by atoms with Crippen molar-refractivity contribution in [2.75, 3.05) is 26.9 Å². The zero-order valence-electron chi connectivity index (χ0n) is 12.8. The van der Waals surface area contributed by atoms with E-state index in [0.717, 1.165) is 44.5 Å². The highest BCUT2D eigenvalue weighted by Gasteiger charge is 2.17. The summed E-state index contributed by atoms with van der Waals surface area (Å²) in [4.78, 5) is 0. The summed E-state index contributed by atoms with van der Waals surface area (Å²) in [6.07, 6.45) is 3.48. The molecule has 0 saturated carbocycles. The van der Waals surface area contributed by atoms with Crippen molar-refractivity contribution in [3.05, 3.63) is 22.7 Å². The van der Waals surface area contributed by atoms with Crippen molar-refractivity contribution in [1.82, 2.24) is 5.32 Å². The highest BCUT2D eigenvalue weighted by Crippen LogP contribution is 2.36. The summed E-state index contributed by atoms with van der Waals surface area (Å²) >= 11 is 6.32. The van der Waals surface area contributed by atoms with Gasteiger partial charge in [-0.1, -0.05) is 18.5 Å². The Morgan fingerprint density at radius 3 is 2.95 bits per heavy atom. The fourth-order valence-corrected chi connectivity index (χ4v) is 2.74. The van der Waals surface area contributed by atoms with Gasteiger partial charge in [-0.15, -0.1) is 0 Å². The third-order valence-electron chi connectivity index (χ3n) is 3.58. The van der Waals surface area contributed by atoms with Crippen LogP contribution in [-0.4, -0.2) is 33.0 Å². The van der Waals surface area contributed by atoms with E-state index in [1.165, 1.54) is 0 Å². The molecule has 1 aliphatic heterocycles. The van der Waals surface area contributed by atoms with Crippen molar-refractivity contribution in [1.29, 1.82) is 0 Å². The van der Waals surface area contributed by atoms with Crippen LogP contribution in [0.1, 0.15) is 31.7 Å². The Bertz CT molecular complexity index is 447. The molecular weight excluding hydrogens is 290 g/mol. The predicted molar refractivity (Wildman–Crippen MR) is 84.5 cm³/mol. The zero-order valence-corrected chi connectivity index (χ0v) is 13.5. The molecule has 0 spiro atoms. The number of benzene rings is 1. The van der Waals surface area contributed by atoms with Crippen LogP contribution < -0.4 is 14.8 Å². The van der Waals surface area contributed by atoms with E-state index in [9.17, 15) is 0 Å². The minimum absolute atomic E-state index is 0.322. The fraction of sp³-hybridized carbons (Fsp3) is 0.625. The van der Waals surface area contributed by atoms with E-state index in [1.54, 1.807) is 7.11 Å². The monoisotopic (exact) mass is 313 g/mol. The summed E-state index contributed by atoms with van der Waals surface area (Å²) < 4.78 is 16.8. The summed E-state index contributed by atoms with van der Waals surface area (Å²) in [7, 11) is 1.63. The molecule has 1 unspecified atom stereocenters. The Hall–Kier alpha value is -0.970. The molecule has 5 heteroatoms. The van der Waals surface area contributed by atoms with Gasteiger partial charge in [-0.05, 0) is 37.1 Å². The molecule has 4 nitrogen and oxygen atoms in total. The fourth-order valence-electron chi connectivity index (χ4n) is 2.45. The third kappa shape index (κ3) is 4.77. The zero-order chi connectivity index (χ0) is 15.1. The molecule has 0 aliphatic carbocycles. The number of hydrogen-bond acceptors (Lipinski definition) is 4. The molecule has 0 radical (unpaired) electrons. The lowest BCUT2D eigenvalue weighted by atomic mass is 10.2. The lowest BCUT2D eigenvalue weighted by Gasteiger charge is -2.15. The molecule has 1 atom stereocenters. The van der Waals surface area contributed by atoms with Gasteiger partial charge in [0.25, 0.3) is 0 Å². The molecule has 1 aromatic rings. The Labute approximate surface area is 131 Å². The van der Waals surface area contributed by atoms with Crippen LogP contribution in [0, 0.1) is 0 Å². The average Bonchev–Trinajstić information content (AvgIpc) is 3.00. The highest BCUT2D eigenvalue weighted by molar-refractivity contribution is 6.32. The Balaban J connectivity index is 1.96. The van der Waals surface area contributed by atoms with E-state index in [0.29, 0.717) is 29.2 Å². The van der Waals surface area contributed by atoms with E-state index in [1.807, 2.05) is 12.1 Å². The molecule has 0 bridgehead atoms. The van der Waals surface area contributed by atoms with Gasteiger partial charge in [-0.25, -0.2) is 0 Å². The van der Waals surface area contributed by atoms with Gasteiger partial charge in [0.2, 0.25) is 0 Å². The first kappa shape index (κ1) is 16.4. The SMILES string of the molecule is CCNCc1cc(Cl)c(OCCC2CCCO2)c(OC)c1. The van der Waals surface area contributed by atoms with E-state index in [-0.39, 0.29) is 0 Å². The van der Waals surface area contributed by atoms with Gasteiger partial charge in [0, 0.05) is 19.6 Å². The predicted octanol–water partition coefficient (Wildman–Crippen LogP) is 3.41. The van der Waals surface area contributed by atoms with Gasteiger partial charge in [0.15, 0.2) is 11.5 Å². The summed E-state index contributed by atoms with van der Waals surface area (Å²) in [5, 5.41) is 3.86. The number of nitrogens with one attached hydrogen (secondary N) is 1. The smallest absolute Gasteiger partial charge is 0.179 e. The van der Waals surface area contributed by atoms with Gasteiger partial charge in [-0.3, -0.25) is 0 Å². The van der Waals surface area contributed by atoms with E-state index in [2.05, 4.69) is 12.2 Å². The molecule has 1 fully saturated rings. The van der Waals surface area contributed by atoms with Gasteiger partial charge in [0.05, 0.1) is 24.8 Å². The normalized spacial score (nSPS) is 18.0. The molecule has 1 aliphatic rings. The number of rotatable bonds is 8. The maximum atomic E-state index is 6.32. The first-order valence-electron chi connectivity index (χ1n) is 7.56. The molecule has 1 saturated heterocycles. The van der Waals surface area contributed by atoms with Crippen molar-refractivity contribution in [2.45, 2.75) is 38.8 Å². The first-order valence-corrected chi connectivity index (χ1v) is 7.94. The molecule has 0 aromatic heterocycles. The van der Waals surface area contributed by atoms with Crippen LogP contribution in [0.5, 0.6) is 11.5 Å². The Morgan fingerprint density at radius 2 is 2.29 bits per heavy atom. The van der Waals surface area contributed by atoms with Crippen molar-refractivity contribution in [2.24, 2.45) is 0 Å². The third-order valence-corrected chi connectivity index (χ3v) is 3.86. The first-order chi connectivity index (χ1) is 10.2. The van der Waals surface area contributed by atoms with Gasteiger partial charge in [-0.2, -0.15) is 0 Å². The van der Waals surface area contributed by atoms with Crippen LogP contribution in [0.25, 0.3) is 0 Å². The van der Waals surface area contributed by atoms with Crippen molar-refractivity contribution in [3.63, 3.8) is 0 Å². The second kappa shape index (κ2) is 8.47. The largest absolute Gasteiger partial charge is 0.493 e. The van der Waals surface area contributed by atoms with E-state index in [4.69, 9.17) is 25.8 Å². The van der Waals surface area contributed by atoms with Crippen LogP contribution in [-0.2, 0) is 11.3 Å². The van der Waals surface area contributed by atoms with E-state index < -0.39 is 0 Å². The van der Waals surface area contributed by atoms with Crippen LogP contribution >= 0.6 is 11.6 Å². The maximum absolute atomic E-state index is 6.32. The van der Waals surface area contributed by atoms with Crippen molar-refractivity contribution >= 4 is 11.6 Å². The second-order valence-electron chi connectivity index (χ2n) is 5.16. The Morgan fingerprint density at radius 1 is 1.43 bits per heavy atom. The minimum atomic E-state index is 0.322. The Kier molecular flexibility index (Phi) is 6.61. The summed E-state index contributed by atoms with van der Waals surface area (Å²) in [5.41, 5.74) is 1.09. The number of hydrogen-bond donors (Lipinski definition) is 1. The van der Waals surface area contributed by atoms with Crippen molar-refractivity contribution < 1.29 is 14.2 Å². The van der Waals surface area contributed by atoms with E-state index >= 15 is 0 Å². The van der Waals surface area contributed by atoms with Crippen LogP contribution in [0.15, 0.2) is 12.1 Å². The average molecular weight is 314 g/mol. The molecule has 2 rings (SSSR count). The summed E-state index contributed by atoms with van der Waals surface area (Å²) in [6, 6.07) is 3.89. The molecule has 118 valence electrons. The topological polar surface area (TPSA) is 39.7 Å². The van der Waals surface area contributed by atoms with Crippen molar-refractivity contribution in [3.8, 4) is 11.5 Å². The molecule has 21 heavy (non-hydrogen) atoms. The molecule has 1 heterocycles. The van der Waals surface area contributed by atoms with Gasteiger partial charge in [0.1, 0.15) is 0 Å². The minimum Gasteiger partial charge on any atom is -0.493 e. The molecule has 0 amide bonds. The lowest BCUT2D eigenvalue weighted by Crippen LogP contribution is -2.13. The van der Waals surface area contributed by atoms with Crippen LogP contribution in [0.3, 0.4) is 0 Å². The quantitative estimate of drug-likeness (QED) is 0.798. The van der Waals surface area contributed by atoms with Gasteiger partial charge >= 0.3 is 0 Å². The number of methoxy groups -OCH3 is 1.